The molecule has 0 spiro atoms. The Hall–Kier alpha value is -2.90. The number of carbonyl (C=O) groups excluding carboxylic acids is 1. The van der Waals surface area contributed by atoms with E-state index in [1.807, 2.05) is 30.3 Å². The van der Waals surface area contributed by atoms with Gasteiger partial charge in [-0.25, -0.2) is 4.68 Å². The Morgan fingerprint density at radius 2 is 2.12 bits per heavy atom. The third kappa shape index (κ3) is 2.95. The number of hydrogen-bond acceptors (Lipinski definition) is 5. The molecule has 0 saturated heterocycles. The average molecular weight is 341 g/mol. The maximum atomic E-state index is 12.3. The fourth-order valence-electron chi connectivity index (χ4n) is 3.54. The zero-order chi connectivity index (χ0) is 17.4. The highest BCUT2D eigenvalue weighted by Gasteiger charge is 2.55. The Bertz CT molecular complexity index is 780. The molecule has 25 heavy (non-hydrogen) atoms. The first-order chi connectivity index (χ1) is 12.1. The summed E-state index contributed by atoms with van der Waals surface area (Å²) in [6.07, 6.45) is 0.943. The van der Waals surface area contributed by atoms with Gasteiger partial charge in [0.15, 0.2) is 0 Å². The van der Waals surface area contributed by atoms with Gasteiger partial charge in [-0.1, -0.05) is 30.3 Å². The van der Waals surface area contributed by atoms with Crippen LogP contribution in [-0.4, -0.2) is 44.8 Å². The Kier molecular flexibility index (Phi) is 3.87. The lowest BCUT2D eigenvalue weighted by Crippen LogP contribution is -2.27. The number of amides is 1. The smallest absolute Gasteiger partial charge is 0.307 e. The van der Waals surface area contributed by atoms with Gasteiger partial charge in [0.2, 0.25) is 11.8 Å². The van der Waals surface area contributed by atoms with Gasteiger partial charge in [-0.2, -0.15) is 4.98 Å². The van der Waals surface area contributed by atoms with E-state index in [0.717, 1.165) is 25.1 Å². The molecule has 1 aliphatic carbocycles. The standard InChI is InChI=1S/C17H19N5O3/c23-15(14-20-17-18-7-4-8-22(17)21-14)19-9-11-12(13(11)16(24)25)10-5-2-1-3-6-10/h1-3,5-6,11-13H,4,7-9H2,(H,19,23)(H,24,25)(H,18,20,21). The van der Waals surface area contributed by atoms with Gasteiger partial charge in [-0.15, -0.1) is 5.10 Å². The zero-order valence-electron chi connectivity index (χ0n) is 13.6. The first kappa shape index (κ1) is 15.6. The van der Waals surface area contributed by atoms with E-state index in [0.29, 0.717) is 12.5 Å². The number of fused-ring (bicyclic) bond motifs is 1. The summed E-state index contributed by atoms with van der Waals surface area (Å²) in [5, 5.41) is 19.5. The predicted octanol–water partition coefficient (Wildman–Crippen LogP) is 0.938. The van der Waals surface area contributed by atoms with Crippen molar-refractivity contribution in [3.63, 3.8) is 0 Å². The number of carboxylic acid groups (broad SMARTS) is 1. The number of rotatable bonds is 5. The number of aryl methyl sites for hydroxylation is 1. The van der Waals surface area contributed by atoms with E-state index < -0.39 is 11.9 Å². The van der Waals surface area contributed by atoms with E-state index in [9.17, 15) is 14.7 Å². The molecule has 1 aliphatic heterocycles. The number of carboxylic acids is 1. The molecule has 8 nitrogen and oxygen atoms in total. The number of hydrogen-bond donors (Lipinski definition) is 3. The number of carbonyl (C=O) groups is 2. The van der Waals surface area contributed by atoms with Crippen molar-refractivity contribution in [3.8, 4) is 0 Å². The highest BCUT2D eigenvalue weighted by atomic mass is 16.4. The van der Waals surface area contributed by atoms with E-state index in [-0.39, 0.29) is 23.6 Å². The van der Waals surface area contributed by atoms with Crippen LogP contribution in [0, 0.1) is 11.8 Å². The molecule has 2 aromatic rings. The molecule has 1 aromatic heterocycles. The van der Waals surface area contributed by atoms with Crippen molar-refractivity contribution in [3.05, 3.63) is 41.7 Å². The summed E-state index contributed by atoms with van der Waals surface area (Å²) in [5.74, 6) is -1.11. The van der Waals surface area contributed by atoms with Crippen LogP contribution in [0.15, 0.2) is 30.3 Å². The molecule has 3 N–H and O–H groups in total. The van der Waals surface area contributed by atoms with Crippen LogP contribution in [0.25, 0.3) is 0 Å². The average Bonchev–Trinajstić information content (AvgIpc) is 3.20. The fourth-order valence-corrected chi connectivity index (χ4v) is 3.54. The van der Waals surface area contributed by atoms with Crippen LogP contribution in [0.3, 0.4) is 0 Å². The van der Waals surface area contributed by atoms with Crippen LogP contribution in [0.5, 0.6) is 0 Å². The van der Waals surface area contributed by atoms with Gasteiger partial charge in [0.05, 0.1) is 5.92 Å². The molecule has 0 bridgehead atoms. The van der Waals surface area contributed by atoms with Crippen molar-refractivity contribution in [2.24, 2.45) is 11.8 Å². The molecular formula is C17H19N5O3. The molecule has 1 fully saturated rings. The molecule has 1 amide bonds. The van der Waals surface area contributed by atoms with Gasteiger partial charge in [0.25, 0.3) is 5.91 Å². The summed E-state index contributed by atoms with van der Waals surface area (Å²) >= 11 is 0. The Balaban J connectivity index is 1.41. The van der Waals surface area contributed by atoms with Crippen molar-refractivity contribution < 1.29 is 14.7 Å². The maximum absolute atomic E-state index is 12.3. The maximum Gasteiger partial charge on any atom is 0.307 e. The highest BCUT2D eigenvalue weighted by molar-refractivity contribution is 5.90. The Morgan fingerprint density at radius 1 is 1.32 bits per heavy atom. The molecule has 3 unspecified atom stereocenters. The lowest BCUT2D eigenvalue weighted by Gasteiger charge is -2.12. The van der Waals surface area contributed by atoms with Crippen LogP contribution >= 0.6 is 0 Å². The van der Waals surface area contributed by atoms with Gasteiger partial charge in [-0.3, -0.25) is 9.59 Å². The monoisotopic (exact) mass is 341 g/mol. The summed E-state index contributed by atoms with van der Waals surface area (Å²) in [6.45, 7) is 1.86. The summed E-state index contributed by atoms with van der Waals surface area (Å²) < 4.78 is 1.68. The predicted molar refractivity (Wildman–Crippen MR) is 89.3 cm³/mol. The highest BCUT2D eigenvalue weighted by Crippen LogP contribution is 2.53. The molecule has 2 heterocycles. The summed E-state index contributed by atoms with van der Waals surface area (Å²) in [4.78, 5) is 27.9. The largest absolute Gasteiger partial charge is 0.481 e. The van der Waals surface area contributed by atoms with Crippen LogP contribution in [0.4, 0.5) is 5.95 Å². The number of aliphatic carboxylic acids is 1. The number of aromatic nitrogens is 3. The van der Waals surface area contributed by atoms with Gasteiger partial charge in [0.1, 0.15) is 0 Å². The molecule has 1 saturated carbocycles. The van der Waals surface area contributed by atoms with E-state index in [2.05, 4.69) is 20.7 Å². The second-order valence-corrected chi connectivity index (χ2v) is 6.44. The minimum Gasteiger partial charge on any atom is -0.481 e. The second kappa shape index (κ2) is 6.19. The van der Waals surface area contributed by atoms with Gasteiger partial charge in [0, 0.05) is 25.6 Å². The third-order valence-corrected chi connectivity index (χ3v) is 4.84. The quantitative estimate of drug-likeness (QED) is 0.747. The van der Waals surface area contributed by atoms with E-state index in [1.165, 1.54) is 0 Å². The van der Waals surface area contributed by atoms with Gasteiger partial charge in [-0.05, 0) is 17.9 Å². The van der Waals surface area contributed by atoms with Crippen molar-refractivity contribution in [1.82, 2.24) is 20.1 Å². The fraction of sp³-hybridized carbons (Fsp3) is 0.412. The lowest BCUT2D eigenvalue weighted by atomic mass is 10.1. The molecule has 2 aliphatic rings. The minimum absolute atomic E-state index is 0.0659. The second-order valence-electron chi connectivity index (χ2n) is 6.44. The van der Waals surface area contributed by atoms with Crippen molar-refractivity contribution in [1.29, 1.82) is 0 Å². The van der Waals surface area contributed by atoms with Crippen LogP contribution < -0.4 is 10.6 Å². The van der Waals surface area contributed by atoms with Crippen molar-refractivity contribution >= 4 is 17.8 Å². The van der Waals surface area contributed by atoms with Crippen LogP contribution in [-0.2, 0) is 11.3 Å². The number of benzene rings is 1. The van der Waals surface area contributed by atoms with Crippen molar-refractivity contribution in [2.45, 2.75) is 18.9 Å². The first-order valence-corrected chi connectivity index (χ1v) is 8.40. The first-order valence-electron chi connectivity index (χ1n) is 8.40. The Morgan fingerprint density at radius 3 is 2.84 bits per heavy atom. The van der Waals surface area contributed by atoms with Gasteiger partial charge >= 0.3 is 5.97 Å². The van der Waals surface area contributed by atoms with Crippen LogP contribution in [0.1, 0.15) is 28.5 Å². The van der Waals surface area contributed by atoms with E-state index in [4.69, 9.17) is 0 Å². The summed E-state index contributed by atoms with van der Waals surface area (Å²) in [6, 6.07) is 9.56. The van der Waals surface area contributed by atoms with E-state index >= 15 is 0 Å². The minimum atomic E-state index is -0.826. The molecule has 4 rings (SSSR count). The van der Waals surface area contributed by atoms with E-state index in [1.54, 1.807) is 4.68 Å². The molecule has 1 aromatic carbocycles. The number of nitrogens with zero attached hydrogens (tertiary/aromatic N) is 3. The lowest BCUT2D eigenvalue weighted by molar-refractivity contribution is -0.139. The topological polar surface area (TPSA) is 109 Å². The molecular weight excluding hydrogens is 322 g/mol. The SMILES string of the molecule is O=C(NCC1C(C(=O)O)C1c1ccccc1)c1nc2n(n1)CCCN2. The van der Waals surface area contributed by atoms with Crippen LogP contribution in [0.2, 0.25) is 0 Å². The normalized spacial score (nSPS) is 24.1. The number of anilines is 1. The Labute approximate surface area is 144 Å². The molecule has 8 heteroatoms. The van der Waals surface area contributed by atoms with Crippen molar-refractivity contribution in [2.75, 3.05) is 18.4 Å². The third-order valence-electron chi connectivity index (χ3n) is 4.84. The summed E-state index contributed by atoms with van der Waals surface area (Å²) in [7, 11) is 0. The molecule has 130 valence electrons. The van der Waals surface area contributed by atoms with Gasteiger partial charge < -0.3 is 15.7 Å². The number of nitrogens with one attached hydrogen (secondary N) is 2. The summed E-state index contributed by atoms with van der Waals surface area (Å²) in [5.41, 5.74) is 0.994. The molecule has 3 atom stereocenters. The zero-order valence-corrected chi connectivity index (χ0v) is 13.6. The molecule has 0 radical (unpaired) electrons.